The number of anilines is 2. The zero-order valence-corrected chi connectivity index (χ0v) is 14.5. The Balaban J connectivity index is 1.59. The first kappa shape index (κ1) is 17.2. The largest absolute Gasteiger partial charge is 0.497 e. The van der Waals surface area contributed by atoms with Gasteiger partial charge in [-0.3, -0.25) is 4.79 Å². The molecular formula is C19H24N4O2. The van der Waals surface area contributed by atoms with E-state index in [4.69, 9.17) is 4.74 Å². The number of nitrogens with zero attached hydrogens (tertiary/aromatic N) is 2. The Morgan fingerprint density at radius 2 is 1.92 bits per heavy atom. The van der Waals surface area contributed by atoms with Gasteiger partial charge >= 0.3 is 0 Å². The minimum absolute atomic E-state index is 0.286. The summed E-state index contributed by atoms with van der Waals surface area (Å²) in [5.41, 5.74) is 0.945. The SMILES string of the molecule is COc1cccc(NC(=O)c2cnc(NC3CCCCCC3)cn2)c1. The van der Waals surface area contributed by atoms with Crippen molar-refractivity contribution in [3.05, 3.63) is 42.4 Å². The van der Waals surface area contributed by atoms with Gasteiger partial charge in [0.1, 0.15) is 17.3 Å². The smallest absolute Gasteiger partial charge is 0.275 e. The Hall–Kier alpha value is -2.63. The van der Waals surface area contributed by atoms with Gasteiger partial charge in [-0.2, -0.15) is 0 Å². The standard InChI is InChI=1S/C19H24N4O2/c1-25-16-10-6-9-15(11-16)23-19(24)17-12-21-18(13-20-17)22-14-7-4-2-3-5-8-14/h6,9-14H,2-5,7-8H2,1H3,(H,21,22)(H,23,24). The van der Waals surface area contributed by atoms with Crippen molar-refractivity contribution in [2.45, 2.75) is 44.6 Å². The summed E-state index contributed by atoms with van der Waals surface area (Å²) < 4.78 is 5.15. The van der Waals surface area contributed by atoms with E-state index in [1.54, 1.807) is 25.4 Å². The van der Waals surface area contributed by atoms with Crippen molar-refractivity contribution in [1.82, 2.24) is 9.97 Å². The second-order valence-corrected chi connectivity index (χ2v) is 6.31. The number of carbonyl (C=O) groups excluding carboxylic acids is 1. The van der Waals surface area contributed by atoms with Gasteiger partial charge in [0, 0.05) is 17.8 Å². The summed E-state index contributed by atoms with van der Waals surface area (Å²) in [7, 11) is 1.59. The number of benzene rings is 1. The first-order valence-electron chi connectivity index (χ1n) is 8.78. The summed E-state index contributed by atoms with van der Waals surface area (Å²) >= 11 is 0. The maximum absolute atomic E-state index is 12.3. The van der Waals surface area contributed by atoms with Gasteiger partial charge in [0.2, 0.25) is 0 Å². The second-order valence-electron chi connectivity index (χ2n) is 6.31. The lowest BCUT2D eigenvalue weighted by Gasteiger charge is -2.16. The molecule has 1 saturated carbocycles. The summed E-state index contributed by atoms with van der Waals surface area (Å²) in [6.45, 7) is 0. The fourth-order valence-corrected chi connectivity index (χ4v) is 3.05. The summed E-state index contributed by atoms with van der Waals surface area (Å²) in [5.74, 6) is 1.12. The molecule has 6 nitrogen and oxygen atoms in total. The molecule has 132 valence electrons. The maximum Gasteiger partial charge on any atom is 0.275 e. The third kappa shape index (κ3) is 4.92. The molecule has 0 atom stereocenters. The predicted molar refractivity (Wildman–Crippen MR) is 98.1 cm³/mol. The van der Waals surface area contributed by atoms with E-state index in [9.17, 15) is 4.79 Å². The van der Waals surface area contributed by atoms with E-state index in [-0.39, 0.29) is 11.6 Å². The molecule has 2 aromatic rings. The van der Waals surface area contributed by atoms with Crippen LogP contribution in [-0.4, -0.2) is 29.0 Å². The molecule has 0 aliphatic heterocycles. The minimum atomic E-state index is -0.290. The lowest BCUT2D eigenvalue weighted by molar-refractivity contribution is 0.102. The van der Waals surface area contributed by atoms with Gasteiger partial charge in [0.25, 0.3) is 5.91 Å². The number of nitrogens with one attached hydrogen (secondary N) is 2. The highest BCUT2D eigenvalue weighted by molar-refractivity contribution is 6.02. The van der Waals surface area contributed by atoms with E-state index >= 15 is 0 Å². The van der Waals surface area contributed by atoms with Gasteiger partial charge in [-0.05, 0) is 25.0 Å². The Labute approximate surface area is 148 Å². The number of amides is 1. The first-order valence-corrected chi connectivity index (χ1v) is 8.78. The first-order chi connectivity index (χ1) is 12.2. The Morgan fingerprint density at radius 1 is 1.12 bits per heavy atom. The molecule has 1 aromatic heterocycles. The van der Waals surface area contributed by atoms with Crippen LogP contribution >= 0.6 is 0 Å². The Bertz CT molecular complexity index is 695. The molecule has 1 aliphatic carbocycles. The van der Waals surface area contributed by atoms with E-state index in [1.807, 2.05) is 12.1 Å². The van der Waals surface area contributed by atoms with Gasteiger partial charge in [-0.25, -0.2) is 9.97 Å². The number of ether oxygens (including phenoxy) is 1. The molecule has 1 fully saturated rings. The fraction of sp³-hybridized carbons (Fsp3) is 0.421. The molecular weight excluding hydrogens is 316 g/mol. The average molecular weight is 340 g/mol. The van der Waals surface area contributed by atoms with Gasteiger partial charge < -0.3 is 15.4 Å². The van der Waals surface area contributed by atoms with E-state index in [0.29, 0.717) is 17.5 Å². The van der Waals surface area contributed by atoms with E-state index < -0.39 is 0 Å². The Morgan fingerprint density at radius 3 is 2.60 bits per heavy atom. The summed E-state index contributed by atoms with van der Waals surface area (Å²) in [5, 5.41) is 6.23. The minimum Gasteiger partial charge on any atom is -0.497 e. The van der Waals surface area contributed by atoms with Crippen LogP contribution in [-0.2, 0) is 0 Å². The van der Waals surface area contributed by atoms with E-state index in [0.717, 1.165) is 5.82 Å². The maximum atomic E-state index is 12.3. The summed E-state index contributed by atoms with van der Waals surface area (Å²) in [6, 6.07) is 7.65. The van der Waals surface area contributed by atoms with E-state index in [2.05, 4.69) is 20.6 Å². The molecule has 1 aliphatic rings. The Kier molecular flexibility index (Phi) is 5.82. The fourth-order valence-electron chi connectivity index (χ4n) is 3.05. The molecule has 0 unspecified atom stereocenters. The van der Waals surface area contributed by atoms with Crippen LogP contribution in [0.25, 0.3) is 0 Å². The van der Waals surface area contributed by atoms with Gasteiger partial charge in [0.15, 0.2) is 0 Å². The molecule has 1 heterocycles. The normalized spacial score (nSPS) is 15.2. The molecule has 2 N–H and O–H groups in total. The number of hydrogen-bond acceptors (Lipinski definition) is 5. The molecule has 3 rings (SSSR count). The average Bonchev–Trinajstić information content (AvgIpc) is 2.91. The third-order valence-corrected chi connectivity index (χ3v) is 4.42. The van der Waals surface area contributed by atoms with Crippen LogP contribution in [0.1, 0.15) is 49.0 Å². The van der Waals surface area contributed by atoms with Crippen LogP contribution < -0.4 is 15.4 Å². The highest BCUT2D eigenvalue weighted by Gasteiger charge is 2.14. The number of rotatable bonds is 5. The zero-order valence-electron chi connectivity index (χ0n) is 14.5. The number of hydrogen-bond donors (Lipinski definition) is 2. The van der Waals surface area contributed by atoms with Crippen molar-refractivity contribution < 1.29 is 9.53 Å². The highest BCUT2D eigenvalue weighted by atomic mass is 16.5. The molecule has 0 bridgehead atoms. The molecule has 1 aromatic carbocycles. The third-order valence-electron chi connectivity index (χ3n) is 4.42. The van der Waals surface area contributed by atoms with Gasteiger partial charge in [-0.1, -0.05) is 31.7 Å². The van der Waals surface area contributed by atoms with Crippen molar-refractivity contribution in [3.63, 3.8) is 0 Å². The molecule has 1 amide bonds. The van der Waals surface area contributed by atoms with E-state index in [1.165, 1.54) is 44.7 Å². The van der Waals surface area contributed by atoms with Crippen molar-refractivity contribution in [2.24, 2.45) is 0 Å². The number of methoxy groups -OCH3 is 1. The number of carbonyl (C=O) groups is 1. The predicted octanol–water partition coefficient (Wildman–Crippen LogP) is 3.87. The lowest BCUT2D eigenvalue weighted by Crippen LogP contribution is -2.20. The topological polar surface area (TPSA) is 76.1 Å². The van der Waals surface area contributed by atoms with Crippen LogP contribution in [0.4, 0.5) is 11.5 Å². The molecule has 0 spiro atoms. The van der Waals surface area contributed by atoms with Crippen LogP contribution in [0.3, 0.4) is 0 Å². The molecule has 0 saturated heterocycles. The second kappa shape index (κ2) is 8.46. The molecule has 0 radical (unpaired) electrons. The molecule has 6 heteroatoms. The van der Waals surface area contributed by atoms with Crippen molar-refractivity contribution in [2.75, 3.05) is 17.7 Å². The summed E-state index contributed by atoms with van der Waals surface area (Å²) in [4.78, 5) is 20.9. The highest BCUT2D eigenvalue weighted by Crippen LogP contribution is 2.20. The van der Waals surface area contributed by atoms with Gasteiger partial charge in [0.05, 0.1) is 19.5 Å². The van der Waals surface area contributed by atoms with Crippen LogP contribution in [0.5, 0.6) is 5.75 Å². The van der Waals surface area contributed by atoms with Crippen LogP contribution in [0.15, 0.2) is 36.7 Å². The number of aromatic nitrogens is 2. The molecule has 25 heavy (non-hydrogen) atoms. The summed E-state index contributed by atoms with van der Waals surface area (Å²) in [6.07, 6.45) is 10.6. The zero-order chi connectivity index (χ0) is 17.5. The van der Waals surface area contributed by atoms with Gasteiger partial charge in [-0.15, -0.1) is 0 Å². The van der Waals surface area contributed by atoms with Crippen molar-refractivity contribution in [1.29, 1.82) is 0 Å². The van der Waals surface area contributed by atoms with Crippen molar-refractivity contribution in [3.8, 4) is 5.75 Å². The monoisotopic (exact) mass is 340 g/mol. The van der Waals surface area contributed by atoms with Crippen molar-refractivity contribution >= 4 is 17.4 Å². The quantitative estimate of drug-likeness (QED) is 0.808. The van der Waals surface area contributed by atoms with Crippen LogP contribution in [0.2, 0.25) is 0 Å². The lowest BCUT2D eigenvalue weighted by atomic mass is 10.1. The van der Waals surface area contributed by atoms with Crippen LogP contribution in [0, 0.1) is 0 Å².